The van der Waals surface area contributed by atoms with Crippen LogP contribution in [-0.4, -0.2) is 46.0 Å². The Bertz CT molecular complexity index is 831. The number of hydrogen-bond donors (Lipinski definition) is 0. The highest BCUT2D eigenvalue weighted by molar-refractivity contribution is 9.10. The lowest BCUT2D eigenvalue weighted by Gasteiger charge is -2.34. The van der Waals surface area contributed by atoms with Gasteiger partial charge in [-0.3, -0.25) is 9.88 Å². The minimum atomic E-state index is 0.827. The molecule has 0 spiro atoms. The second kappa shape index (κ2) is 6.83. The molecule has 0 amide bonds. The molecule has 122 valence electrons. The van der Waals surface area contributed by atoms with Crippen LogP contribution >= 0.6 is 15.9 Å². The summed E-state index contributed by atoms with van der Waals surface area (Å²) in [6, 6.07) is 10.3. The summed E-state index contributed by atoms with van der Waals surface area (Å²) in [5, 5.41) is 1.06. The van der Waals surface area contributed by atoms with Gasteiger partial charge in [0.1, 0.15) is 0 Å². The minimum Gasteiger partial charge on any atom is -0.338 e. The Labute approximate surface area is 149 Å². The van der Waals surface area contributed by atoms with E-state index in [1.54, 1.807) is 0 Å². The molecule has 0 aliphatic carbocycles. The normalized spacial score (nSPS) is 15.8. The number of hydrogen-bond acceptors (Lipinski definition) is 5. The van der Waals surface area contributed by atoms with Crippen molar-refractivity contribution in [2.24, 2.45) is 0 Å². The van der Waals surface area contributed by atoms with Crippen LogP contribution in [0, 0.1) is 0 Å². The van der Waals surface area contributed by atoms with Crippen molar-refractivity contribution in [3.05, 3.63) is 59.0 Å². The molecule has 0 saturated carbocycles. The summed E-state index contributed by atoms with van der Waals surface area (Å²) in [5.74, 6) is 0.827. The van der Waals surface area contributed by atoms with E-state index in [4.69, 9.17) is 4.98 Å². The van der Waals surface area contributed by atoms with Gasteiger partial charge < -0.3 is 4.90 Å². The number of fused-ring (bicyclic) bond motifs is 1. The highest BCUT2D eigenvalue weighted by atomic mass is 79.9. The Morgan fingerprint density at radius 1 is 1.00 bits per heavy atom. The first-order valence-electron chi connectivity index (χ1n) is 8.06. The van der Waals surface area contributed by atoms with E-state index in [0.717, 1.165) is 54.0 Å². The Hall–Kier alpha value is -2.05. The molecule has 6 heteroatoms. The molecule has 1 saturated heterocycles. The molecule has 0 N–H and O–H groups in total. The average Bonchev–Trinajstić information content (AvgIpc) is 2.63. The third-order valence-corrected chi connectivity index (χ3v) is 4.83. The summed E-state index contributed by atoms with van der Waals surface area (Å²) >= 11 is 3.49. The van der Waals surface area contributed by atoms with Crippen molar-refractivity contribution in [1.82, 2.24) is 19.9 Å². The fourth-order valence-electron chi connectivity index (χ4n) is 3.00. The lowest BCUT2D eigenvalue weighted by Crippen LogP contribution is -2.46. The first-order valence-corrected chi connectivity index (χ1v) is 8.86. The van der Waals surface area contributed by atoms with Gasteiger partial charge in [-0.1, -0.05) is 15.9 Å². The number of rotatable bonds is 3. The molecule has 0 bridgehead atoms. The van der Waals surface area contributed by atoms with Crippen LogP contribution < -0.4 is 4.90 Å². The number of piperazine rings is 1. The van der Waals surface area contributed by atoms with Gasteiger partial charge in [-0.2, -0.15) is 0 Å². The van der Waals surface area contributed by atoms with Crippen molar-refractivity contribution in [2.45, 2.75) is 6.54 Å². The number of halogens is 1. The molecular formula is C18H18BrN5. The molecular weight excluding hydrogens is 366 g/mol. The van der Waals surface area contributed by atoms with Gasteiger partial charge in [0.15, 0.2) is 0 Å². The van der Waals surface area contributed by atoms with E-state index in [1.165, 1.54) is 5.56 Å². The van der Waals surface area contributed by atoms with Crippen LogP contribution in [0.3, 0.4) is 0 Å². The predicted octanol–water partition coefficient (Wildman–Crippen LogP) is 3.11. The number of aromatic nitrogens is 3. The third-order valence-electron chi connectivity index (χ3n) is 4.34. The van der Waals surface area contributed by atoms with E-state index in [0.29, 0.717) is 0 Å². The molecule has 1 fully saturated rings. The first-order chi connectivity index (χ1) is 11.8. The molecule has 0 atom stereocenters. The monoisotopic (exact) mass is 383 g/mol. The quantitative estimate of drug-likeness (QED) is 0.695. The fourth-order valence-corrected chi connectivity index (χ4v) is 3.38. The molecule has 4 rings (SSSR count). The number of benzene rings is 1. The number of nitrogens with zero attached hydrogens (tertiary/aromatic N) is 5. The zero-order valence-electron chi connectivity index (χ0n) is 13.3. The van der Waals surface area contributed by atoms with Crippen LogP contribution in [0.4, 0.5) is 5.95 Å². The van der Waals surface area contributed by atoms with Gasteiger partial charge in [0, 0.05) is 61.2 Å². The van der Waals surface area contributed by atoms with E-state index < -0.39 is 0 Å². The molecule has 0 radical (unpaired) electrons. The summed E-state index contributed by atoms with van der Waals surface area (Å²) in [4.78, 5) is 18.1. The van der Waals surface area contributed by atoms with E-state index in [-0.39, 0.29) is 0 Å². The highest BCUT2D eigenvalue weighted by Crippen LogP contribution is 2.20. The Morgan fingerprint density at radius 3 is 2.58 bits per heavy atom. The number of pyridine rings is 1. The summed E-state index contributed by atoms with van der Waals surface area (Å²) in [5.41, 5.74) is 2.30. The van der Waals surface area contributed by atoms with E-state index in [2.05, 4.69) is 47.8 Å². The molecule has 24 heavy (non-hydrogen) atoms. The maximum atomic E-state index is 4.72. The second-order valence-electron chi connectivity index (χ2n) is 5.99. The average molecular weight is 384 g/mol. The molecule has 2 aromatic heterocycles. The van der Waals surface area contributed by atoms with Crippen LogP contribution in [0.5, 0.6) is 0 Å². The van der Waals surface area contributed by atoms with Crippen LogP contribution in [0.25, 0.3) is 10.9 Å². The topological polar surface area (TPSA) is 45.2 Å². The number of anilines is 1. The van der Waals surface area contributed by atoms with Crippen molar-refractivity contribution in [2.75, 3.05) is 31.1 Å². The zero-order valence-corrected chi connectivity index (χ0v) is 14.9. The SMILES string of the molecule is Brc1ccc2nc(N3CCN(Cc4ccncc4)CC3)ncc2c1. The summed E-state index contributed by atoms with van der Waals surface area (Å²) < 4.78 is 1.05. The Morgan fingerprint density at radius 2 is 1.79 bits per heavy atom. The van der Waals surface area contributed by atoms with Crippen LogP contribution in [0.1, 0.15) is 5.56 Å². The van der Waals surface area contributed by atoms with Gasteiger partial charge in [0.05, 0.1) is 5.52 Å². The first kappa shape index (κ1) is 15.5. The third kappa shape index (κ3) is 3.39. The van der Waals surface area contributed by atoms with E-state index in [9.17, 15) is 0 Å². The summed E-state index contributed by atoms with van der Waals surface area (Å²) in [7, 11) is 0. The molecule has 1 aromatic carbocycles. The standard InChI is InChI=1S/C18H18BrN5/c19-16-1-2-17-15(11-16)12-21-18(22-17)24-9-7-23(8-10-24)13-14-3-5-20-6-4-14/h1-6,11-12H,7-10,13H2. The predicted molar refractivity (Wildman–Crippen MR) is 99.0 cm³/mol. The van der Waals surface area contributed by atoms with Gasteiger partial charge in [0.25, 0.3) is 0 Å². The molecule has 5 nitrogen and oxygen atoms in total. The Kier molecular flexibility index (Phi) is 4.40. The maximum Gasteiger partial charge on any atom is 0.225 e. The van der Waals surface area contributed by atoms with Gasteiger partial charge in [-0.25, -0.2) is 9.97 Å². The van der Waals surface area contributed by atoms with Crippen LogP contribution in [0.2, 0.25) is 0 Å². The van der Waals surface area contributed by atoms with Gasteiger partial charge >= 0.3 is 0 Å². The Balaban J connectivity index is 1.43. The second-order valence-corrected chi connectivity index (χ2v) is 6.91. The summed E-state index contributed by atoms with van der Waals surface area (Å²) in [6.45, 7) is 4.91. The van der Waals surface area contributed by atoms with Gasteiger partial charge in [-0.15, -0.1) is 0 Å². The van der Waals surface area contributed by atoms with E-state index >= 15 is 0 Å². The minimum absolute atomic E-state index is 0.827. The van der Waals surface area contributed by atoms with Crippen LogP contribution in [-0.2, 0) is 6.54 Å². The van der Waals surface area contributed by atoms with Crippen molar-refractivity contribution in [3.8, 4) is 0 Å². The molecule has 1 aliphatic heterocycles. The van der Waals surface area contributed by atoms with Crippen LogP contribution in [0.15, 0.2) is 53.4 Å². The molecule has 3 heterocycles. The van der Waals surface area contributed by atoms with Crippen molar-refractivity contribution in [1.29, 1.82) is 0 Å². The van der Waals surface area contributed by atoms with Crippen molar-refractivity contribution < 1.29 is 0 Å². The molecule has 1 aliphatic rings. The van der Waals surface area contributed by atoms with Gasteiger partial charge in [-0.05, 0) is 35.9 Å². The van der Waals surface area contributed by atoms with Crippen molar-refractivity contribution >= 4 is 32.8 Å². The maximum absolute atomic E-state index is 4.72. The molecule has 0 unspecified atom stereocenters. The fraction of sp³-hybridized carbons (Fsp3) is 0.278. The largest absolute Gasteiger partial charge is 0.338 e. The molecule has 3 aromatic rings. The zero-order chi connectivity index (χ0) is 16.4. The highest BCUT2D eigenvalue weighted by Gasteiger charge is 2.19. The summed E-state index contributed by atoms with van der Waals surface area (Å²) in [6.07, 6.45) is 5.62. The van der Waals surface area contributed by atoms with E-state index in [1.807, 2.05) is 36.8 Å². The van der Waals surface area contributed by atoms with Gasteiger partial charge in [0.2, 0.25) is 5.95 Å². The lowest BCUT2D eigenvalue weighted by atomic mass is 10.2. The smallest absolute Gasteiger partial charge is 0.225 e. The lowest BCUT2D eigenvalue weighted by molar-refractivity contribution is 0.248. The van der Waals surface area contributed by atoms with Crippen molar-refractivity contribution in [3.63, 3.8) is 0 Å².